The molecule has 1 heterocycles. The van der Waals surface area contributed by atoms with Crippen molar-refractivity contribution < 1.29 is 22.7 Å². The molecule has 3 rings (SSSR count). The molecule has 0 bridgehead atoms. The van der Waals surface area contributed by atoms with Gasteiger partial charge >= 0.3 is 0 Å². The van der Waals surface area contributed by atoms with E-state index in [1.807, 2.05) is 0 Å². The van der Waals surface area contributed by atoms with Gasteiger partial charge in [-0.3, -0.25) is 9.59 Å². The maximum atomic E-state index is 12.7. The third-order valence-electron chi connectivity index (χ3n) is 5.06. The SMILES string of the molecule is CS(=O)(=O)c1ccc(OCCCC(=O)N2CCCC2C(=O)Nc2cc(Cl)cc(Cl)c2)cc1. The predicted molar refractivity (Wildman–Crippen MR) is 124 cm³/mol. The summed E-state index contributed by atoms with van der Waals surface area (Å²) in [5.74, 6) is 0.155. The van der Waals surface area contributed by atoms with Crippen LogP contribution in [0.25, 0.3) is 0 Å². The summed E-state index contributed by atoms with van der Waals surface area (Å²) in [4.78, 5) is 27.2. The Balaban J connectivity index is 1.48. The first-order chi connectivity index (χ1) is 15.1. The minimum Gasteiger partial charge on any atom is -0.494 e. The van der Waals surface area contributed by atoms with Gasteiger partial charge in [-0.1, -0.05) is 23.2 Å². The van der Waals surface area contributed by atoms with Crippen molar-refractivity contribution in [2.75, 3.05) is 24.7 Å². The number of likely N-dealkylation sites (tertiary alicyclic amines) is 1. The number of anilines is 1. The fourth-order valence-electron chi connectivity index (χ4n) is 3.53. The van der Waals surface area contributed by atoms with Gasteiger partial charge in [-0.15, -0.1) is 0 Å². The van der Waals surface area contributed by atoms with Crippen LogP contribution in [0, 0.1) is 0 Å². The number of hydrogen-bond acceptors (Lipinski definition) is 5. The van der Waals surface area contributed by atoms with Gasteiger partial charge in [0.05, 0.1) is 11.5 Å². The summed E-state index contributed by atoms with van der Waals surface area (Å²) in [7, 11) is -3.25. The van der Waals surface area contributed by atoms with Crippen LogP contribution < -0.4 is 10.1 Å². The maximum Gasteiger partial charge on any atom is 0.247 e. The summed E-state index contributed by atoms with van der Waals surface area (Å²) < 4.78 is 28.6. The number of nitrogens with zero attached hydrogens (tertiary/aromatic N) is 1. The van der Waals surface area contributed by atoms with Crippen LogP contribution in [0.15, 0.2) is 47.4 Å². The number of nitrogens with one attached hydrogen (secondary N) is 1. The van der Waals surface area contributed by atoms with Crippen LogP contribution in [-0.2, 0) is 19.4 Å². The average Bonchev–Trinajstić information content (AvgIpc) is 3.20. The molecule has 32 heavy (non-hydrogen) atoms. The zero-order chi connectivity index (χ0) is 23.3. The molecule has 1 unspecified atom stereocenters. The molecule has 0 radical (unpaired) electrons. The van der Waals surface area contributed by atoms with Gasteiger partial charge < -0.3 is 15.0 Å². The lowest BCUT2D eigenvalue weighted by Crippen LogP contribution is -2.43. The van der Waals surface area contributed by atoms with E-state index >= 15 is 0 Å². The highest BCUT2D eigenvalue weighted by Crippen LogP contribution is 2.25. The van der Waals surface area contributed by atoms with Gasteiger partial charge in [0.2, 0.25) is 11.8 Å². The molecule has 172 valence electrons. The van der Waals surface area contributed by atoms with Crippen molar-refractivity contribution in [1.29, 1.82) is 0 Å². The Bertz CT molecular complexity index is 1070. The summed E-state index contributed by atoms with van der Waals surface area (Å²) >= 11 is 12.0. The van der Waals surface area contributed by atoms with Gasteiger partial charge in [-0.05, 0) is 61.7 Å². The van der Waals surface area contributed by atoms with E-state index in [1.165, 1.54) is 12.1 Å². The van der Waals surface area contributed by atoms with Crippen molar-refractivity contribution in [3.63, 3.8) is 0 Å². The van der Waals surface area contributed by atoms with Crippen LogP contribution in [0.2, 0.25) is 10.0 Å². The van der Waals surface area contributed by atoms with Crippen molar-refractivity contribution in [3.05, 3.63) is 52.5 Å². The Morgan fingerprint density at radius 3 is 2.41 bits per heavy atom. The minimum atomic E-state index is -3.25. The van der Waals surface area contributed by atoms with E-state index in [0.717, 1.165) is 12.7 Å². The molecular weight excluding hydrogens is 475 g/mol. The summed E-state index contributed by atoms with van der Waals surface area (Å²) in [6.45, 7) is 0.830. The Kier molecular flexibility index (Phi) is 8.03. The molecule has 1 saturated heterocycles. The van der Waals surface area contributed by atoms with E-state index in [-0.39, 0.29) is 23.1 Å². The summed E-state index contributed by atoms with van der Waals surface area (Å²) in [6.07, 6.45) is 3.21. The molecule has 1 aliphatic heterocycles. The zero-order valence-electron chi connectivity index (χ0n) is 17.5. The number of sulfone groups is 1. The van der Waals surface area contributed by atoms with Crippen molar-refractivity contribution in [3.8, 4) is 5.75 Å². The first kappa shape index (κ1) is 24.4. The third kappa shape index (κ3) is 6.60. The second kappa shape index (κ2) is 10.6. The van der Waals surface area contributed by atoms with Gasteiger partial charge in [0, 0.05) is 35.0 Å². The van der Waals surface area contributed by atoms with Crippen LogP contribution in [0.1, 0.15) is 25.7 Å². The number of carbonyl (C=O) groups is 2. The lowest BCUT2D eigenvalue weighted by atomic mass is 10.2. The van der Waals surface area contributed by atoms with E-state index in [4.69, 9.17) is 27.9 Å². The van der Waals surface area contributed by atoms with Crippen LogP contribution in [0.3, 0.4) is 0 Å². The molecule has 2 amide bonds. The standard InChI is InChI=1S/C22H24Cl2N2O5S/c1-32(29,30)19-8-6-18(7-9-19)31-11-3-5-21(27)26-10-2-4-20(26)22(28)25-17-13-15(23)12-16(24)14-17/h6-9,12-14,20H,2-5,10-11H2,1H3,(H,25,28). The van der Waals surface area contributed by atoms with E-state index in [1.54, 1.807) is 35.2 Å². The molecule has 1 aliphatic rings. The second-order valence-corrected chi connectivity index (χ2v) is 10.5. The molecule has 1 N–H and O–H groups in total. The van der Waals surface area contributed by atoms with Gasteiger partial charge in [0.1, 0.15) is 11.8 Å². The summed E-state index contributed by atoms with van der Waals surface area (Å²) in [6, 6.07) is 10.4. The number of halogens is 2. The molecule has 2 aromatic rings. The lowest BCUT2D eigenvalue weighted by Gasteiger charge is -2.24. The van der Waals surface area contributed by atoms with Crippen LogP contribution >= 0.6 is 23.2 Å². The molecule has 0 aliphatic carbocycles. The Morgan fingerprint density at radius 2 is 1.78 bits per heavy atom. The van der Waals surface area contributed by atoms with E-state index in [9.17, 15) is 18.0 Å². The fraction of sp³-hybridized carbons (Fsp3) is 0.364. The molecule has 0 spiro atoms. The molecule has 2 aromatic carbocycles. The number of rotatable bonds is 8. The second-order valence-electron chi connectivity index (χ2n) is 7.59. The van der Waals surface area contributed by atoms with Crippen LogP contribution in [0.5, 0.6) is 5.75 Å². The quantitative estimate of drug-likeness (QED) is 0.550. The molecule has 0 saturated carbocycles. The van der Waals surface area contributed by atoms with Gasteiger partial charge in [-0.2, -0.15) is 0 Å². The van der Waals surface area contributed by atoms with Gasteiger partial charge in [0.15, 0.2) is 9.84 Å². The van der Waals surface area contributed by atoms with Crippen molar-refractivity contribution in [2.45, 2.75) is 36.6 Å². The minimum absolute atomic E-state index is 0.109. The molecule has 10 heteroatoms. The first-order valence-corrected chi connectivity index (χ1v) is 12.8. The zero-order valence-corrected chi connectivity index (χ0v) is 19.8. The van der Waals surface area contributed by atoms with Crippen LogP contribution in [-0.4, -0.2) is 50.6 Å². The monoisotopic (exact) mass is 498 g/mol. The predicted octanol–water partition coefficient (Wildman–Crippen LogP) is 4.19. The number of benzene rings is 2. The third-order valence-corrected chi connectivity index (χ3v) is 6.63. The molecule has 1 atom stereocenters. The van der Waals surface area contributed by atoms with Crippen molar-refractivity contribution >= 4 is 50.5 Å². The largest absolute Gasteiger partial charge is 0.494 e. The summed E-state index contributed by atoms with van der Waals surface area (Å²) in [5.41, 5.74) is 0.488. The first-order valence-electron chi connectivity index (χ1n) is 10.1. The highest BCUT2D eigenvalue weighted by Gasteiger charge is 2.33. The van der Waals surface area contributed by atoms with E-state index in [2.05, 4.69) is 5.32 Å². The van der Waals surface area contributed by atoms with Crippen molar-refractivity contribution in [1.82, 2.24) is 4.90 Å². The maximum absolute atomic E-state index is 12.7. The Labute approximate surface area is 197 Å². The lowest BCUT2D eigenvalue weighted by molar-refractivity contribution is -0.136. The molecule has 0 aromatic heterocycles. The highest BCUT2D eigenvalue weighted by atomic mass is 35.5. The average molecular weight is 499 g/mol. The number of carbonyl (C=O) groups excluding carboxylic acids is 2. The highest BCUT2D eigenvalue weighted by molar-refractivity contribution is 7.90. The smallest absolute Gasteiger partial charge is 0.247 e. The molecular formula is C22H24Cl2N2O5S. The number of ether oxygens (including phenoxy) is 1. The van der Waals surface area contributed by atoms with E-state index in [0.29, 0.717) is 47.5 Å². The van der Waals surface area contributed by atoms with E-state index < -0.39 is 15.9 Å². The number of hydrogen-bond donors (Lipinski definition) is 1. The van der Waals surface area contributed by atoms with Gasteiger partial charge in [0.25, 0.3) is 0 Å². The normalized spacial score (nSPS) is 16.1. The van der Waals surface area contributed by atoms with Gasteiger partial charge in [-0.25, -0.2) is 8.42 Å². The Hall–Kier alpha value is -2.29. The fourth-order valence-corrected chi connectivity index (χ4v) is 4.69. The van der Waals surface area contributed by atoms with Crippen LogP contribution in [0.4, 0.5) is 5.69 Å². The molecule has 1 fully saturated rings. The summed E-state index contributed by atoms with van der Waals surface area (Å²) in [5, 5.41) is 3.61. The topological polar surface area (TPSA) is 92.8 Å². The van der Waals surface area contributed by atoms with Crippen molar-refractivity contribution in [2.24, 2.45) is 0 Å². The molecule has 7 nitrogen and oxygen atoms in total. The number of amides is 2. The Morgan fingerprint density at radius 1 is 1.12 bits per heavy atom.